The van der Waals surface area contributed by atoms with Crippen molar-refractivity contribution in [2.45, 2.75) is 13.8 Å². The number of hydrogen-bond donors (Lipinski definition) is 1. The predicted octanol–water partition coefficient (Wildman–Crippen LogP) is 1.30. The van der Waals surface area contributed by atoms with E-state index < -0.39 is 5.97 Å². The van der Waals surface area contributed by atoms with Crippen LogP contribution in [0, 0.1) is 0 Å². The average molecular weight is 280 g/mol. The first kappa shape index (κ1) is 15.8. The van der Waals surface area contributed by atoms with Crippen LogP contribution in [0.5, 0.6) is 5.75 Å². The fourth-order valence-corrected chi connectivity index (χ4v) is 1.75. The van der Waals surface area contributed by atoms with Gasteiger partial charge < -0.3 is 20.1 Å². The minimum Gasteiger partial charge on any atom is -0.491 e. The molecular formula is C14H20N2O4. The molecule has 0 bridgehead atoms. The van der Waals surface area contributed by atoms with E-state index in [4.69, 9.17) is 10.5 Å². The van der Waals surface area contributed by atoms with E-state index in [1.54, 1.807) is 25.1 Å². The van der Waals surface area contributed by atoms with Gasteiger partial charge in [0, 0.05) is 6.54 Å². The van der Waals surface area contributed by atoms with Gasteiger partial charge in [0.25, 0.3) is 5.91 Å². The maximum absolute atomic E-state index is 12.5. The van der Waals surface area contributed by atoms with E-state index in [0.29, 0.717) is 30.2 Å². The lowest BCUT2D eigenvalue weighted by Crippen LogP contribution is -2.36. The van der Waals surface area contributed by atoms with Crippen LogP contribution in [0.25, 0.3) is 0 Å². The van der Waals surface area contributed by atoms with Crippen LogP contribution in [0.4, 0.5) is 5.69 Å². The second kappa shape index (κ2) is 7.37. The summed E-state index contributed by atoms with van der Waals surface area (Å²) in [5, 5.41) is 0. The van der Waals surface area contributed by atoms with E-state index >= 15 is 0 Å². The predicted molar refractivity (Wildman–Crippen MR) is 75.6 cm³/mol. The minimum absolute atomic E-state index is 0.105. The fraction of sp³-hybridized carbons (Fsp3) is 0.429. The van der Waals surface area contributed by atoms with Crippen molar-refractivity contribution in [2.75, 3.05) is 32.5 Å². The maximum Gasteiger partial charge on any atom is 0.325 e. The first-order valence-electron chi connectivity index (χ1n) is 6.42. The Morgan fingerprint density at radius 1 is 1.30 bits per heavy atom. The molecule has 0 saturated carbocycles. The number of nitrogens with zero attached hydrogens (tertiary/aromatic N) is 1. The van der Waals surface area contributed by atoms with E-state index in [1.807, 2.05) is 6.92 Å². The lowest BCUT2D eigenvalue weighted by molar-refractivity contribution is -0.141. The molecule has 0 aliphatic heterocycles. The van der Waals surface area contributed by atoms with Crippen LogP contribution in [0.2, 0.25) is 0 Å². The highest BCUT2D eigenvalue weighted by atomic mass is 16.5. The molecule has 6 nitrogen and oxygen atoms in total. The van der Waals surface area contributed by atoms with Crippen LogP contribution in [-0.2, 0) is 9.53 Å². The summed E-state index contributed by atoms with van der Waals surface area (Å²) in [6.07, 6.45) is 0. The summed E-state index contributed by atoms with van der Waals surface area (Å²) in [6.45, 7) is 4.28. The molecule has 1 aromatic rings. The summed E-state index contributed by atoms with van der Waals surface area (Å²) in [6, 6.07) is 4.97. The number of para-hydroxylation sites is 1. The van der Waals surface area contributed by atoms with Crippen LogP contribution in [0.3, 0.4) is 0 Å². The molecule has 0 spiro atoms. The van der Waals surface area contributed by atoms with Crippen LogP contribution < -0.4 is 10.5 Å². The molecule has 2 N–H and O–H groups in total. The lowest BCUT2D eigenvalue weighted by Gasteiger charge is -2.21. The zero-order valence-corrected chi connectivity index (χ0v) is 12.0. The Balaban J connectivity index is 3.06. The topological polar surface area (TPSA) is 81.9 Å². The molecule has 0 radical (unpaired) electrons. The summed E-state index contributed by atoms with van der Waals surface area (Å²) < 4.78 is 10.0. The summed E-state index contributed by atoms with van der Waals surface area (Å²) in [5.41, 5.74) is 6.57. The number of nitrogens with two attached hydrogens (primary N) is 1. The van der Waals surface area contributed by atoms with Crippen molar-refractivity contribution in [3.8, 4) is 5.75 Å². The fourth-order valence-electron chi connectivity index (χ4n) is 1.75. The standard InChI is InChI=1S/C14H20N2O4/c1-4-16(9-12(17)19-3)14(18)10-7-6-8-11(15)13(10)20-5-2/h6-8H,4-5,9,15H2,1-3H3. The Hall–Kier alpha value is -2.24. The van der Waals surface area contributed by atoms with Gasteiger partial charge in [0.2, 0.25) is 0 Å². The van der Waals surface area contributed by atoms with E-state index in [0.717, 1.165) is 0 Å². The van der Waals surface area contributed by atoms with Gasteiger partial charge in [-0.15, -0.1) is 0 Å². The number of hydrogen-bond acceptors (Lipinski definition) is 5. The van der Waals surface area contributed by atoms with Gasteiger partial charge in [-0.2, -0.15) is 0 Å². The number of methoxy groups -OCH3 is 1. The van der Waals surface area contributed by atoms with Gasteiger partial charge in [-0.25, -0.2) is 0 Å². The number of amides is 1. The van der Waals surface area contributed by atoms with Crippen LogP contribution >= 0.6 is 0 Å². The number of carbonyl (C=O) groups is 2. The van der Waals surface area contributed by atoms with Crippen LogP contribution in [-0.4, -0.2) is 43.6 Å². The van der Waals surface area contributed by atoms with E-state index in [-0.39, 0.29) is 12.5 Å². The van der Waals surface area contributed by atoms with Gasteiger partial charge in [-0.3, -0.25) is 9.59 Å². The summed E-state index contributed by atoms with van der Waals surface area (Å²) in [7, 11) is 1.28. The highest BCUT2D eigenvalue weighted by Gasteiger charge is 2.22. The third-order valence-electron chi connectivity index (χ3n) is 2.78. The van der Waals surface area contributed by atoms with Crippen LogP contribution in [0.1, 0.15) is 24.2 Å². The Kier molecular flexibility index (Phi) is 5.83. The summed E-state index contributed by atoms with van der Waals surface area (Å²) in [4.78, 5) is 25.2. The first-order chi connectivity index (χ1) is 9.54. The molecule has 1 rings (SSSR count). The summed E-state index contributed by atoms with van der Waals surface area (Å²) in [5.74, 6) is -0.431. The van der Waals surface area contributed by atoms with Crippen LogP contribution in [0.15, 0.2) is 18.2 Å². The lowest BCUT2D eigenvalue weighted by atomic mass is 10.1. The van der Waals surface area contributed by atoms with E-state index in [2.05, 4.69) is 4.74 Å². The molecule has 1 aromatic carbocycles. The third-order valence-corrected chi connectivity index (χ3v) is 2.78. The Bertz CT molecular complexity index is 488. The number of anilines is 1. The molecule has 20 heavy (non-hydrogen) atoms. The molecule has 0 aliphatic rings. The molecule has 0 aliphatic carbocycles. The Labute approximate surface area is 118 Å². The normalized spacial score (nSPS) is 9.95. The maximum atomic E-state index is 12.5. The number of likely N-dealkylation sites (N-methyl/N-ethyl adjacent to an activating group) is 1. The molecule has 0 heterocycles. The summed E-state index contributed by atoms with van der Waals surface area (Å²) >= 11 is 0. The number of rotatable bonds is 6. The SMILES string of the molecule is CCOc1c(N)cccc1C(=O)N(CC)CC(=O)OC. The van der Waals surface area contributed by atoms with Crippen molar-refractivity contribution in [1.82, 2.24) is 4.90 Å². The molecule has 0 saturated heterocycles. The molecule has 0 unspecified atom stereocenters. The van der Waals surface area contributed by atoms with Gasteiger partial charge in [0.15, 0.2) is 5.75 Å². The number of ether oxygens (including phenoxy) is 2. The molecule has 0 aromatic heterocycles. The Morgan fingerprint density at radius 2 is 2.00 bits per heavy atom. The molecule has 6 heteroatoms. The van der Waals surface area contributed by atoms with Crippen molar-refractivity contribution in [3.63, 3.8) is 0 Å². The number of benzene rings is 1. The molecule has 110 valence electrons. The monoisotopic (exact) mass is 280 g/mol. The zero-order valence-electron chi connectivity index (χ0n) is 12.0. The minimum atomic E-state index is -0.470. The second-order valence-corrected chi connectivity index (χ2v) is 4.05. The zero-order chi connectivity index (χ0) is 15.1. The van der Waals surface area contributed by atoms with Crippen molar-refractivity contribution in [3.05, 3.63) is 23.8 Å². The highest BCUT2D eigenvalue weighted by Crippen LogP contribution is 2.27. The quantitative estimate of drug-likeness (QED) is 0.627. The van der Waals surface area contributed by atoms with Crippen molar-refractivity contribution in [2.24, 2.45) is 0 Å². The number of carbonyl (C=O) groups excluding carboxylic acids is 2. The smallest absolute Gasteiger partial charge is 0.325 e. The van der Waals surface area contributed by atoms with Crippen molar-refractivity contribution < 1.29 is 19.1 Å². The largest absolute Gasteiger partial charge is 0.491 e. The van der Waals surface area contributed by atoms with Gasteiger partial charge >= 0.3 is 5.97 Å². The van der Waals surface area contributed by atoms with Gasteiger partial charge in [0.05, 0.1) is 25.0 Å². The van der Waals surface area contributed by atoms with E-state index in [1.165, 1.54) is 12.0 Å². The molecule has 0 fully saturated rings. The van der Waals surface area contributed by atoms with Crippen molar-refractivity contribution >= 4 is 17.6 Å². The van der Waals surface area contributed by atoms with Crippen molar-refractivity contribution in [1.29, 1.82) is 0 Å². The highest BCUT2D eigenvalue weighted by molar-refractivity contribution is 5.99. The molecule has 0 atom stereocenters. The second-order valence-electron chi connectivity index (χ2n) is 4.05. The third kappa shape index (κ3) is 3.63. The van der Waals surface area contributed by atoms with Gasteiger partial charge in [-0.1, -0.05) is 6.07 Å². The number of nitrogen functional groups attached to an aromatic ring is 1. The van der Waals surface area contributed by atoms with Gasteiger partial charge in [0.1, 0.15) is 6.54 Å². The molecular weight excluding hydrogens is 260 g/mol. The van der Waals surface area contributed by atoms with Gasteiger partial charge in [-0.05, 0) is 26.0 Å². The van der Waals surface area contributed by atoms with E-state index in [9.17, 15) is 9.59 Å². The molecule has 1 amide bonds. The number of esters is 1. The average Bonchev–Trinajstić information content (AvgIpc) is 2.46. The Morgan fingerprint density at radius 3 is 2.55 bits per heavy atom. The first-order valence-corrected chi connectivity index (χ1v) is 6.42.